The van der Waals surface area contributed by atoms with E-state index in [1.54, 1.807) is 16.9 Å². The Bertz CT molecular complexity index is 1040. The summed E-state index contributed by atoms with van der Waals surface area (Å²) in [7, 11) is 0. The first-order valence-corrected chi connectivity index (χ1v) is 9.65. The normalized spacial score (nSPS) is 18.2. The number of hydrogen-bond donors (Lipinski definition) is 2. The van der Waals surface area contributed by atoms with Gasteiger partial charge in [0, 0.05) is 24.1 Å². The Hall–Kier alpha value is -3.52. The Balaban J connectivity index is 1.36. The molecular weight excluding hydrogens is 387 g/mol. The van der Waals surface area contributed by atoms with Crippen molar-refractivity contribution in [1.82, 2.24) is 15.1 Å². The van der Waals surface area contributed by atoms with E-state index in [9.17, 15) is 14.0 Å². The van der Waals surface area contributed by atoms with Gasteiger partial charge in [-0.25, -0.2) is 9.07 Å². The smallest absolute Gasteiger partial charge is 0.243 e. The third-order valence-corrected chi connectivity index (χ3v) is 4.91. The molecule has 154 valence electrons. The van der Waals surface area contributed by atoms with Gasteiger partial charge in [-0.1, -0.05) is 24.3 Å². The summed E-state index contributed by atoms with van der Waals surface area (Å²) in [6.45, 7) is 0.247. The molecule has 2 amide bonds. The average Bonchev–Trinajstić information content (AvgIpc) is 3.42. The van der Waals surface area contributed by atoms with Crippen LogP contribution in [0.15, 0.2) is 67.0 Å². The van der Waals surface area contributed by atoms with Gasteiger partial charge < -0.3 is 15.4 Å². The fraction of sp³-hybridized carbons (Fsp3) is 0.227. The van der Waals surface area contributed by atoms with Gasteiger partial charge in [0.1, 0.15) is 5.82 Å². The van der Waals surface area contributed by atoms with Gasteiger partial charge in [0.2, 0.25) is 11.8 Å². The molecule has 0 unspecified atom stereocenters. The first-order valence-electron chi connectivity index (χ1n) is 9.65. The lowest BCUT2D eigenvalue weighted by Crippen LogP contribution is -2.37. The molecule has 0 aliphatic carbocycles. The molecular formula is C22H21FN4O3. The molecule has 1 aliphatic rings. The molecule has 7 nitrogen and oxygen atoms in total. The molecule has 0 saturated carbocycles. The van der Waals surface area contributed by atoms with Crippen LogP contribution in [0.3, 0.4) is 0 Å². The molecule has 1 fully saturated rings. The summed E-state index contributed by atoms with van der Waals surface area (Å²) in [6.07, 6.45) is 3.68. The van der Waals surface area contributed by atoms with Crippen molar-refractivity contribution in [3.8, 4) is 5.69 Å². The summed E-state index contributed by atoms with van der Waals surface area (Å²) < 4.78 is 20.7. The first-order chi connectivity index (χ1) is 14.6. The highest BCUT2D eigenvalue weighted by molar-refractivity contribution is 5.94. The van der Waals surface area contributed by atoms with Crippen molar-refractivity contribution >= 4 is 17.5 Å². The standard InChI is InChI=1S/C22H21FN4O3/c23-16-5-4-6-17(11-16)26-20(28)13-24-22(29)19-9-10-30-21(19)15-12-25-27(14-15)18-7-2-1-3-8-18/h1-8,11-12,14,19,21H,9-10,13H2,(H,24,29)(H,26,28)/t19-,21+/m0/s1. The summed E-state index contributed by atoms with van der Waals surface area (Å²) in [4.78, 5) is 24.7. The molecule has 3 aromatic rings. The molecule has 0 radical (unpaired) electrons. The van der Waals surface area contributed by atoms with Crippen LogP contribution in [-0.2, 0) is 14.3 Å². The number of nitrogens with one attached hydrogen (secondary N) is 2. The summed E-state index contributed by atoms with van der Waals surface area (Å²) in [6, 6.07) is 15.2. The minimum Gasteiger partial charge on any atom is -0.373 e. The quantitative estimate of drug-likeness (QED) is 0.657. The van der Waals surface area contributed by atoms with Crippen molar-refractivity contribution in [3.05, 3.63) is 78.4 Å². The minimum absolute atomic E-state index is 0.207. The van der Waals surface area contributed by atoms with Gasteiger partial charge in [-0.05, 0) is 36.8 Å². The second-order valence-electron chi connectivity index (χ2n) is 7.02. The van der Waals surface area contributed by atoms with Crippen LogP contribution >= 0.6 is 0 Å². The van der Waals surface area contributed by atoms with E-state index in [0.29, 0.717) is 18.7 Å². The van der Waals surface area contributed by atoms with Crippen molar-refractivity contribution in [2.45, 2.75) is 12.5 Å². The van der Waals surface area contributed by atoms with E-state index in [1.165, 1.54) is 18.2 Å². The predicted octanol–water partition coefficient (Wildman–Crippen LogP) is 2.84. The van der Waals surface area contributed by atoms with Crippen LogP contribution in [-0.4, -0.2) is 34.7 Å². The van der Waals surface area contributed by atoms with Gasteiger partial charge in [-0.2, -0.15) is 5.10 Å². The number of hydrogen-bond acceptors (Lipinski definition) is 4. The summed E-state index contributed by atoms with van der Waals surface area (Å²) >= 11 is 0. The largest absolute Gasteiger partial charge is 0.373 e. The topological polar surface area (TPSA) is 85.2 Å². The van der Waals surface area contributed by atoms with Crippen molar-refractivity contribution in [3.63, 3.8) is 0 Å². The molecule has 1 saturated heterocycles. The van der Waals surface area contributed by atoms with Crippen LogP contribution in [0.4, 0.5) is 10.1 Å². The Labute approximate surface area is 172 Å². The lowest BCUT2D eigenvalue weighted by molar-refractivity contribution is -0.128. The van der Waals surface area contributed by atoms with E-state index in [4.69, 9.17) is 4.74 Å². The Morgan fingerprint density at radius 2 is 2.00 bits per heavy atom. The molecule has 30 heavy (non-hydrogen) atoms. The highest BCUT2D eigenvalue weighted by atomic mass is 19.1. The third-order valence-electron chi connectivity index (χ3n) is 4.91. The second kappa shape index (κ2) is 8.87. The molecule has 0 bridgehead atoms. The van der Waals surface area contributed by atoms with E-state index in [-0.39, 0.29) is 12.5 Å². The SMILES string of the molecule is O=C(CNC(=O)[C@H]1CCO[C@@H]1c1cnn(-c2ccccc2)c1)Nc1cccc(F)c1. The van der Waals surface area contributed by atoms with E-state index >= 15 is 0 Å². The number of carbonyl (C=O) groups excluding carboxylic acids is 2. The number of ether oxygens (including phenoxy) is 1. The van der Waals surface area contributed by atoms with Crippen LogP contribution in [0.5, 0.6) is 0 Å². The molecule has 1 aromatic heterocycles. The molecule has 2 N–H and O–H groups in total. The minimum atomic E-state index is -0.446. The third kappa shape index (κ3) is 4.55. The lowest BCUT2D eigenvalue weighted by atomic mass is 9.96. The number of aromatic nitrogens is 2. The molecule has 8 heteroatoms. The van der Waals surface area contributed by atoms with Gasteiger partial charge >= 0.3 is 0 Å². The maximum absolute atomic E-state index is 13.2. The van der Waals surface area contributed by atoms with Crippen LogP contribution in [0.1, 0.15) is 18.1 Å². The maximum atomic E-state index is 13.2. The predicted molar refractivity (Wildman–Crippen MR) is 108 cm³/mol. The lowest BCUT2D eigenvalue weighted by Gasteiger charge is -2.17. The van der Waals surface area contributed by atoms with Gasteiger partial charge in [0.15, 0.2) is 0 Å². The Morgan fingerprint density at radius 1 is 1.17 bits per heavy atom. The molecule has 1 aliphatic heterocycles. The Morgan fingerprint density at radius 3 is 2.80 bits per heavy atom. The first kappa shape index (κ1) is 19.8. The molecule has 2 atom stereocenters. The summed E-state index contributed by atoms with van der Waals surface area (Å²) in [5.41, 5.74) is 2.06. The summed E-state index contributed by atoms with van der Waals surface area (Å²) in [5, 5.41) is 9.56. The number of benzene rings is 2. The number of halogens is 1. The molecule has 4 rings (SSSR count). The number of amides is 2. The van der Waals surface area contributed by atoms with Gasteiger partial charge in [0.05, 0.1) is 30.5 Å². The monoisotopic (exact) mass is 408 g/mol. The van der Waals surface area contributed by atoms with E-state index in [0.717, 1.165) is 11.3 Å². The summed E-state index contributed by atoms with van der Waals surface area (Å²) in [5.74, 6) is -1.56. The zero-order chi connectivity index (χ0) is 20.9. The van der Waals surface area contributed by atoms with Crippen molar-refractivity contribution in [1.29, 1.82) is 0 Å². The van der Waals surface area contributed by atoms with Gasteiger partial charge in [-0.15, -0.1) is 0 Å². The van der Waals surface area contributed by atoms with Crippen molar-refractivity contribution in [2.75, 3.05) is 18.5 Å². The molecule has 2 aromatic carbocycles. The number of rotatable bonds is 6. The fourth-order valence-corrected chi connectivity index (χ4v) is 3.46. The molecule has 0 spiro atoms. The number of para-hydroxylation sites is 1. The number of anilines is 1. The van der Waals surface area contributed by atoms with Crippen LogP contribution in [0.2, 0.25) is 0 Å². The van der Waals surface area contributed by atoms with Crippen LogP contribution < -0.4 is 10.6 Å². The van der Waals surface area contributed by atoms with E-state index in [2.05, 4.69) is 15.7 Å². The second-order valence-corrected chi connectivity index (χ2v) is 7.02. The van der Waals surface area contributed by atoms with Gasteiger partial charge in [0.25, 0.3) is 0 Å². The van der Waals surface area contributed by atoms with Crippen LogP contribution in [0.25, 0.3) is 5.69 Å². The number of nitrogens with zero attached hydrogens (tertiary/aromatic N) is 2. The van der Waals surface area contributed by atoms with E-state index < -0.39 is 23.7 Å². The highest BCUT2D eigenvalue weighted by Gasteiger charge is 2.36. The van der Waals surface area contributed by atoms with Crippen molar-refractivity contribution in [2.24, 2.45) is 5.92 Å². The zero-order valence-electron chi connectivity index (χ0n) is 16.1. The van der Waals surface area contributed by atoms with Crippen molar-refractivity contribution < 1.29 is 18.7 Å². The van der Waals surface area contributed by atoms with Crippen LogP contribution in [0, 0.1) is 11.7 Å². The fourth-order valence-electron chi connectivity index (χ4n) is 3.46. The molecule has 2 heterocycles. The highest BCUT2D eigenvalue weighted by Crippen LogP contribution is 2.34. The Kier molecular flexibility index (Phi) is 5.85. The van der Waals surface area contributed by atoms with E-state index in [1.807, 2.05) is 36.5 Å². The average molecular weight is 408 g/mol. The van der Waals surface area contributed by atoms with Gasteiger partial charge in [-0.3, -0.25) is 9.59 Å². The zero-order valence-corrected chi connectivity index (χ0v) is 16.1. The number of carbonyl (C=O) groups is 2. The maximum Gasteiger partial charge on any atom is 0.243 e.